The molecule has 0 spiro atoms. The normalized spacial score (nSPS) is 23.5. The van der Waals surface area contributed by atoms with E-state index in [9.17, 15) is 25.0 Å². The lowest BCUT2D eigenvalue weighted by Gasteiger charge is -2.25. The van der Waals surface area contributed by atoms with E-state index in [1.807, 2.05) is 5.97 Å². The predicted molar refractivity (Wildman–Crippen MR) is 85.9 cm³/mol. The van der Waals surface area contributed by atoms with Gasteiger partial charge in [-0.1, -0.05) is 0 Å². The Kier molecular flexibility index (Phi) is 6.35. The summed E-state index contributed by atoms with van der Waals surface area (Å²) in [6, 6.07) is 0. The van der Waals surface area contributed by atoms with Gasteiger partial charge in [0.2, 0.25) is 6.54 Å². The van der Waals surface area contributed by atoms with Gasteiger partial charge in [0.15, 0.2) is 0 Å². The van der Waals surface area contributed by atoms with Crippen LogP contribution in [-0.2, 0) is 19.1 Å². The van der Waals surface area contributed by atoms with Gasteiger partial charge in [0.25, 0.3) is 6.71 Å². The summed E-state index contributed by atoms with van der Waals surface area (Å²) in [5.74, 6) is 0.157. The van der Waals surface area contributed by atoms with Crippen molar-refractivity contribution in [1.82, 2.24) is 0 Å². The molecule has 0 aromatic heterocycles. The minimum absolute atomic E-state index is 0.0694. The molecule has 8 nitrogen and oxygen atoms in total. The van der Waals surface area contributed by atoms with Crippen molar-refractivity contribution in [1.29, 1.82) is 5.26 Å². The van der Waals surface area contributed by atoms with Crippen molar-refractivity contribution in [3.8, 4) is 5.97 Å². The Morgan fingerprint density at radius 3 is 2.54 bits per heavy atom. The molecule has 0 amide bonds. The molecule has 0 bridgehead atoms. The van der Waals surface area contributed by atoms with Crippen LogP contribution in [0.5, 0.6) is 0 Å². The van der Waals surface area contributed by atoms with E-state index in [1.165, 1.54) is 0 Å². The average molecular weight is 338 g/mol. The Hall–Kier alpha value is -2.11. The molecule has 0 aliphatic carbocycles. The second-order valence-corrected chi connectivity index (χ2v) is 7.26. The lowest BCUT2D eigenvalue weighted by molar-refractivity contribution is -0.496. The summed E-state index contributed by atoms with van der Waals surface area (Å²) in [5.41, 5.74) is -1.77. The fourth-order valence-corrected chi connectivity index (χ4v) is 3.18. The largest absolute Gasteiger partial charge is 0.466 e. The molecule has 1 rings (SSSR count). The second kappa shape index (κ2) is 7.64. The lowest BCUT2D eigenvalue weighted by Crippen LogP contribution is -2.31. The average Bonchev–Trinajstić information content (AvgIpc) is 2.74. The molecule has 0 aromatic rings. The number of nitriles is 1. The number of carbonyl (C=O) groups excluding carboxylic acids is 2. The standard InChI is InChI=1S/C15H23BN2O6/c1-5-23-12(19)7-15(9-18(21)22)6-11(16(8-15)10-17)13(20)24-14(2,3)4/h11H,5-9H2,1-4H3. The van der Waals surface area contributed by atoms with Crippen LogP contribution in [0.25, 0.3) is 0 Å². The van der Waals surface area contributed by atoms with Crippen LogP contribution in [0, 0.1) is 26.8 Å². The van der Waals surface area contributed by atoms with E-state index < -0.39 is 47.0 Å². The maximum atomic E-state index is 12.4. The third-order valence-corrected chi connectivity index (χ3v) is 3.96. The van der Waals surface area contributed by atoms with Crippen LogP contribution in [0.3, 0.4) is 0 Å². The van der Waals surface area contributed by atoms with Crippen molar-refractivity contribution in [3.05, 3.63) is 10.1 Å². The number of hydrogen-bond acceptors (Lipinski definition) is 7. The van der Waals surface area contributed by atoms with Gasteiger partial charge in [0.1, 0.15) is 5.60 Å². The van der Waals surface area contributed by atoms with E-state index in [0.29, 0.717) is 0 Å². The monoisotopic (exact) mass is 338 g/mol. The maximum Gasteiger partial charge on any atom is 0.306 e. The minimum Gasteiger partial charge on any atom is -0.466 e. The van der Waals surface area contributed by atoms with Crippen LogP contribution < -0.4 is 0 Å². The van der Waals surface area contributed by atoms with Gasteiger partial charge in [-0.3, -0.25) is 19.7 Å². The first kappa shape index (κ1) is 19.9. The molecule has 1 heterocycles. The fourth-order valence-electron chi connectivity index (χ4n) is 3.18. The number of ether oxygens (including phenoxy) is 2. The van der Waals surface area contributed by atoms with Gasteiger partial charge in [0, 0.05) is 16.3 Å². The number of nitro groups is 1. The Morgan fingerprint density at radius 2 is 2.08 bits per heavy atom. The summed E-state index contributed by atoms with van der Waals surface area (Å²) >= 11 is 0. The van der Waals surface area contributed by atoms with E-state index in [2.05, 4.69) is 0 Å². The Morgan fingerprint density at radius 1 is 1.46 bits per heavy atom. The van der Waals surface area contributed by atoms with Gasteiger partial charge >= 0.3 is 11.9 Å². The lowest BCUT2D eigenvalue weighted by atomic mass is 9.43. The highest BCUT2D eigenvalue weighted by Gasteiger charge is 2.55. The van der Waals surface area contributed by atoms with Crippen molar-refractivity contribution in [3.63, 3.8) is 0 Å². The maximum absolute atomic E-state index is 12.4. The van der Waals surface area contributed by atoms with E-state index in [0.717, 1.165) is 0 Å². The summed E-state index contributed by atoms with van der Waals surface area (Å²) in [7, 11) is 0. The molecular weight excluding hydrogens is 315 g/mol. The van der Waals surface area contributed by atoms with Gasteiger partial charge in [-0.15, -0.1) is 0 Å². The van der Waals surface area contributed by atoms with Crippen molar-refractivity contribution in [2.75, 3.05) is 13.2 Å². The second-order valence-electron chi connectivity index (χ2n) is 7.26. The Balaban J connectivity index is 3.02. The molecule has 0 N–H and O–H groups in total. The van der Waals surface area contributed by atoms with Crippen LogP contribution in [0.1, 0.15) is 40.5 Å². The molecule has 132 valence electrons. The van der Waals surface area contributed by atoms with Crippen molar-refractivity contribution < 1.29 is 24.0 Å². The van der Waals surface area contributed by atoms with Crippen LogP contribution >= 0.6 is 0 Å². The number of esters is 2. The van der Waals surface area contributed by atoms with Crippen LogP contribution in [-0.4, -0.2) is 42.3 Å². The molecular formula is C15H23BN2O6. The van der Waals surface area contributed by atoms with Crippen molar-refractivity contribution in [2.45, 2.75) is 58.3 Å². The first-order chi connectivity index (χ1) is 11.0. The van der Waals surface area contributed by atoms with Gasteiger partial charge in [-0.2, -0.15) is 0 Å². The summed E-state index contributed by atoms with van der Waals surface area (Å²) < 4.78 is 10.2. The molecule has 2 unspecified atom stereocenters. The molecule has 24 heavy (non-hydrogen) atoms. The molecule has 0 radical (unpaired) electrons. The van der Waals surface area contributed by atoms with E-state index in [-0.39, 0.29) is 25.8 Å². The summed E-state index contributed by atoms with van der Waals surface area (Å²) in [6.07, 6.45) is -0.00750. The topological polar surface area (TPSA) is 120 Å². The minimum atomic E-state index is -1.06. The highest BCUT2D eigenvalue weighted by Crippen LogP contribution is 2.48. The van der Waals surface area contributed by atoms with Gasteiger partial charge in [-0.25, -0.2) is 5.26 Å². The third kappa shape index (κ3) is 5.51. The zero-order chi connectivity index (χ0) is 18.5. The molecule has 1 fully saturated rings. The summed E-state index contributed by atoms with van der Waals surface area (Å²) in [6.45, 7) is 5.76. The SMILES string of the molecule is CCOC(=O)CC1(C[N+](=O)[O-])CB(C#N)C(C(=O)OC(C)(C)C)C1. The molecule has 0 aromatic carbocycles. The molecule has 1 saturated heterocycles. The number of hydrogen-bond donors (Lipinski definition) is 0. The van der Waals surface area contributed by atoms with E-state index in [1.54, 1.807) is 27.7 Å². The molecule has 1 aliphatic rings. The van der Waals surface area contributed by atoms with Crippen molar-refractivity contribution >= 4 is 18.7 Å². The fraction of sp³-hybridized carbons (Fsp3) is 0.800. The van der Waals surface area contributed by atoms with Crippen LogP contribution in [0.4, 0.5) is 0 Å². The molecule has 2 atom stereocenters. The zero-order valence-electron chi connectivity index (χ0n) is 14.5. The van der Waals surface area contributed by atoms with Gasteiger partial charge < -0.3 is 9.47 Å². The third-order valence-electron chi connectivity index (χ3n) is 3.96. The van der Waals surface area contributed by atoms with E-state index in [4.69, 9.17) is 9.47 Å². The first-order valence-corrected chi connectivity index (χ1v) is 7.92. The van der Waals surface area contributed by atoms with Gasteiger partial charge in [0.05, 0.1) is 18.8 Å². The molecule has 9 heteroatoms. The van der Waals surface area contributed by atoms with Crippen molar-refractivity contribution in [2.24, 2.45) is 5.41 Å². The Labute approximate surface area is 141 Å². The van der Waals surface area contributed by atoms with E-state index >= 15 is 0 Å². The first-order valence-electron chi connectivity index (χ1n) is 7.92. The quantitative estimate of drug-likeness (QED) is 0.314. The smallest absolute Gasteiger partial charge is 0.306 e. The zero-order valence-corrected chi connectivity index (χ0v) is 14.5. The Bertz CT molecular complexity index is 553. The molecule has 0 saturated carbocycles. The summed E-state index contributed by atoms with van der Waals surface area (Å²) in [4.78, 5) is 34.7. The number of nitrogens with zero attached hydrogens (tertiary/aromatic N) is 2. The highest BCUT2D eigenvalue weighted by molar-refractivity contribution is 6.72. The van der Waals surface area contributed by atoms with Gasteiger partial charge in [-0.05, 0) is 40.4 Å². The van der Waals surface area contributed by atoms with Crippen LogP contribution in [0.15, 0.2) is 0 Å². The predicted octanol–water partition coefficient (Wildman–Crippen LogP) is 1.88. The number of rotatable bonds is 6. The number of carbonyl (C=O) groups is 2. The van der Waals surface area contributed by atoms with Crippen LogP contribution in [0.2, 0.25) is 12.1 Å². The summed E-state index contributed by atoms with van der Waals surface area (Å²) in [5, 5.41) is 20.4. The molecule has 1 aliphatic heterocycles. The highest BCUT2D eigenvalue weighted by atomic mass is 16.6.